The van der Waals surface area contributed by atoms with Crippen molar-refractivity contribution in [3.63, 3.8) is 0 Å². The number of piperazine rings is 1. The minimum Gasteiger partial charge on any atom is -0.382 e. The zero-order valence-electron chi connectivity index (χ0n) is 9.98. The van der Waals surface area contributed by atoms with Crippen molar-refractivity contribution in [2.24, 2.45) is 0 Å². The van der Waals surface area contributed by atoms with Crippen molar-refractivity contribution in [3.8, 4) is 0 Å². The summed E-state index contributed by atoms with van der Waals surface area (Å²) in [7, 11) is 3.25. The second kappa shape index (κ2) is 7.56. The van der Waals surface area contributed by atoms with Gasteiger partial charge in [-0.15, -0.1) is 0 Å². The molecule has 0 aromatic heterocycles. The van der Waals surface area contributed by atoms with E-state index in [1.54, 1.807) is 19.1 Å². The van der Waals surface area contributed by atoms with E-state index >= 15 is 0 Å². The fraction of sp³-hybridized carbons (Fsp3) is 0.900. The topological polar surface area (TPSA) is 51.2 Å². The predicted molar refractivity (Wildman–Crippen MR) is 57.9 cm³/mol. The third-order valence-corrected chi connectivity index (χ3v) is 2.51. The van der Waals surface area contributed by atoms with Gasteiger partial charge in [0, 0.05) is 33.3 Å². The minimum atomic E-state index is 0.0341. The molecule has 0 N–H and O–H groups in total. The fourth-order valence-electron chi connectivity index (χ4n) is 1.51. The lowest BCUT2D eigenvalue weighted by Gasteiger charge is -2.33. The zero-order valence-corrected chi connectivity index (χ0v) is 9.98. The first kappa shape index (κ1) is 13.4. The van der Waals surface area contributed by atoms with E-state index in [1.807, 2.05) is 5.06 Å². The van der Waals surface area contributed by atoms with Crippen LogP contribution in [0.1, 0.15) is 0 Å². The Bertz CT molecular complexity index is 205. The summed E-state index contributed by atoms with van der Waals surface area (Å²) < 4.78 is 10.0. The van der Waals surface area contributed by atoms with Crippen LogP contribution in [-0.4, -0.2) is 76.1 Å². The summed E-state index contributed by atoms with van der Waals surface area (Å²) >= 11 is 0. The average Bonchev–Trinajstić information content (AvgIpc) is 2.34. The van der Waals surface area contributed by atoms with Gasteiger partial charge >= 0.3 is 0 Å². The highest BCUT2D eigenvalue weighted by Gasteiger charge is 2.20. The molecule has 1 amide bonds. The van der Waals surface area contributed by atoms with Gasteiger partial charge in [0.25, 0.3) is 0 Å². The number of methoxy groups -OCH3 is 1. The summed E-state index contributed by atoms with van der Waals surface area (Å²) in [5.41, 5.74) is 0. The van der Waals surface area contributed by atoms with Gasteiger partial charge in [-0.25, -0.2) is 0 Å². The molecule has 0 aliphatic carbocycles. The lowest BCUT2D eigenvalue weighted by atomic mass is 10.3. The Labute approximate surface area is 96.0 Å². The number of hydrogen-bond acceptors (Lipinski definition) is 5. The summed E-state index contributed by atoms with van der Waals surface area (Å²) in [4.78, 5) is 18.5. The van der Waals surface area contributed by atoms with Crippen molar-refractivity contribution in [1.82, 2.24) is 9.96 Å². The first-order valence-corrected chi connectivity index (χ1v) is 5.41. The lowest BCUT2D eigenvalue weighted by Crippen LogP contribution is -2.49. The summed E-state index contributed by atoms with van der Waals surface area (Å²) in [5, 5.41) is 1.84. The normalized spacial score (nSPS) is 17.8. The number of rotatable bonds is 6. The minimum absolute atomic E-state index is 0.0341. The fourth-order valence-corrected chi connectivity index (χ4v) is 1.51. The highest BCUT2D eigenvalue weighted by Crippen LogP contribution is 2.01. The molecule has 1 rings (SSSR count). The number of amides is 1. The number of hydrogen-bond donors (Lipinski definition) is 0. The van der Waals surface area contributed by atoms with Crippen molar-refractivity contribution >= 4 is 5.91 Å². The Morgan fingerprint density at radius 2 is 1.81 bits per heavy atom. The van der Waals surface area contributed by atoms with Crippen LogP contribution in [0.4, 0.5) is 0 Å². The molecule has 1 saturated heterocycles. The lowest BCUT2D eigenvalue weighted by molar-refractivity contribution is -0.163. The van der Waals surface area contributed by atoms with Gasteiger partial charge in [0.1, 0.15) is 6.61 Å². The van der Waals surface area contributed by atoms with Crippen LogP contribution in [0.25, 0.3) is 0 Å². The first-order valence-electron chi connectivity index (χ1n) is 5.41. The molecule has 0 atom stereocenters. The van der Waals surface area contributed by atoms with E-state index in [0.717, 1.165) is 13.1 Å². The predicted octanol–water partition coefficient (Wildman–Crippen LogP) is -0.645. The SMILES string of the molecule is COCCOCC(=O)N1CCN(OC)CC1. The highest BCUT2D eigenvalue weighted by atomic mass is 16.7. The van der Waals surface area contributed by atoms with Gasteiger partial charge in [0.2, 0.25) is 5.91 Å². The number of ether oxygens (including phenoxy) is 2. The maximum absolute atomic E-state index is 11.7. The molecule has 0 bridgehead atoms. The van der Waals surface area contributed by atoms with E-state index in [9.17, 15) is 4.79 Å². The third-order valence-electron chi connectivity index (χ3n) is 2.51. The molecular weight excluding hydrogens is 212 g/mol. The Morgan fingerprint density at radius 1 is 1.12 bits per heavy atom. The molecule has 6 nitrogen and oxygen atoms in total. The van der Waals surface area contributed by atoms with Crippen LogP contribution in [0.15, 0.2) is 0 Å². The maximum Gasteiger partial charge on any atom is 0.248 e. The summed E-state index contributed by atoms with van der Waals surface area (Å²) in [6.07, 6.45) is 0. The number of hydroxylamine groups is 2. The smallest absolute Gasteiger partial charge is 0.248 e. The Morgan fingerprint density at radius 3 is 2.38 bits per heavy atom. The zero-order chi connectivity index (χ0) is 11.8. The number of carbonyl (C=O) groups excluding carboxylic acids is 1. The largest absolute Gasteiger partial charge is 0.382 e. The highest BCUT2D eigenvalue weighted by molar-refractivity contribution is 5.77. The molecule has 6 heteroatoms. The quantitative estimate of drug-likeness (QED) is 0.570. The molecule has 94 valence electrons. The molecule has 0 aromatic rings. The van der Waals surface area contributed by atoms with E-state index in [4.69, 9.17) is 14.3 Å². The van der Waals surface area contributed by atoms with Crippen LogP contribution in [0.3, 0.4) is 0 Å². The molecule has 1 aliphatic rings. The van der Waals surface area contributed by atoms with E-state index in [0.29, 0.717) is 26.3 Å². The van der Waals surface area contributed by atoms with Crippen LogP contribution in [-0.2, 0) is 19.1 Å². The number of nitrogens with zero attached hydrogens (tertiary/aromatic N) is 2. The number of carbonyl (C=O) groups is 1. The molecule has 1 aliphatic heterocycles. The van der Waals surface area contributed by atoms with E-state index in [1.165, 1.54) is 0 Å². The standard InChI is InChI=1S/C10H20N2O4/c1-14-7-8-16-9-10(13)11-3-5-12(15-2)6-4-11/h3-9H2,1-2H3. The molecule has 16 heavy (non-hydrogen) atoms. The van der Waals surface area contributed by atoms with Crippen molar-refractivity contribution in [2.45, 2.75) is 0 Å². The van der Waals surface area contributed by atoms with Gasteiger partial charge in [0.15, 0.2) is 0 Å². The van der Waals surface area contributed by atoms with Gasteiger partial charge < -0.3 is 19.2 Å². The van der Waals surface area contributed by atoms with E-state index in [2.05, 4.69) is 0 Å². The van der Waals surface area contributed by atoms with E-state index in [-0.39, 0.29) is 12.5 Å². The molecule has 0 aromatic carbocycles. The third kappa shape index (κ3) is 4.44. The van der Waals surface area contributed by atoms with Crippen LogP contribution in [0.2, 0.25) is 0 Å². The molecule has 0 saturated carbocycles. The second-order valence-electron chi connectivity index (χ2n) is 3.54. The van der Waals surface area contributed by atoms with Gasteiger partial charge in [0.05, 0.1) is 20.3 Å². The average molecular weight is 232 g/mol. The molecule has 0 unspecified atom stereocenters. The van der Waals surface area contributed by atoms with Crippen molar-refractivity contribution in [2.75, 3.05) is 60.2 Å². The van der Waals surface area contributed by atoms with Gasteiger partial charge in [-0.2, -0.15) is 5.06 Å². The molecule has 1 heterocycles. The Balaban J connectivity index is 2.13. The van der Waals surface area contributed by atoms with Crippen molar-refractivity contribution in [1.29, 1.82) is 0 Å². The van der Waals surface area contributed by atoms with Crippen LogP contribution in [0.5, 0.6) is 0 Å². The first-order chi connectivity index (χ1) is 7.77. The second-order valence-corrected chi connectivity index (χ2v) is 3.54. The summed E-state index contributed by atoms with van der Waals surface area (Å²) in [6, 6.07) is 0. The van der Waals surface area contributed by atoms with Gasteiger partial charge in [-0.1, -0.05) is 0 Å². The maximum atomic E-state index is 11.7. The summed E-state index contributed by atoms with van der Waals surface area (Å²) in [5.74, 6) is 0.0341. The Kier molecular flexibility index (Phi) is 6.32. The van der Waals surface area contributed by atoms with Gasteiger partial charge in [-0.05, 0) is 0 Å². The monoisotopic (exact) mass is 232 g/mol. The van der Waals surface area contributed by atoms with Crippen LogP contribution in [0, 0.1) is 0 Å². The summed E-state index contributed by atoms with van der Waals surface area (Å²) in [6.45, 7) is 4.00. The van der Waals surface area contributed by atoms with Crippen LogP contribution >= 0.6 is 0 Å². The molecular formula is C10H20N2O4. The van der Waals surface area contributed by atoms with Crippen LogP contribution < -0.4 is 0 Å². The van der Waals surface area contributed by atoms with Crippen molar-refractivity contribution in [3.05, 3.63) is 0 Å². The van der Waals surface area contributed by atoms with E-state index < -0.39 is 0 Å². The molecule has 0 spiro atoms. The Hall–Kier alpha value is -0.690. The molecule has 0 radical (unpaired) electrons. The molecule has 1 fully saturated rings. The van der Waals surface area contributed by atoms with Crippen molar-refractivity contribution < 1.29 is 19.1 Å². The van der Waals surface area contributed by atoms with Gasteiger partial charge in [-0.3, -0.25) is 4.79 Å².